The summed E-state index contributed by atoms with van der Waals surface area (Å²) >= 11 is 0. The predicted octanol–water partition coefficient (Wildman–Crippen LogP) is 4.49. The molecule has 1 aliphatic carbocycles. The van der Waals surface area contributed by atoms with Crippen LogP contribution in [0.1, 0.15) is 31.2 Å². The number of hydrogen-bond donors (Lipinski definition) is 1. The Kier molecular flexibility index (Phi) is 5.80. The summed E-state index contributed by atoms with van der Waals surface area (Å²) in [5.74, 6) is -0.0984. The van der Waals surface area contributed by atoms with Gasteiger partial charge in [-0.2, -0.15) is 13.2 Å². The zero-order chi connectivity index (χ0) is 17.7. The molecule has 0 aromatic heterocycles. The topological polar surface area (TPSA) is 67.8 Å². The number of alkyl halides is 3. The van der Waals surface area contributed by atoms with Crippen LogP contribution in [0, 0.1) is 16.7 Å². The second kappa shape index (κ2) is 7.63. The zero-order valence-electron chi connectivity index (χ0n) is 13.2. The maximum atomic E-state index is 12.8. The number of nitrogens with zero attached hydrogens (tertiary/aromatic N) is 1. The molecule has 0 bridgehead atoms. The van der Waals surface area contributed by atoms with E-state index in [1.165, 1.54) is 7.11 Å². The largest absolute Gasteiger partial charge is 0.469 e. The molecule has 1 N–H and O–H groups in total. The number of nitrogens with one attached hydrogen (secondary N) is 1. The molecule has 0 amide bonds. The van der Waals surface area contributed by atoms with Crippen molar-refractivity contribution in [1.82, 2.24) is 0 Å². The van der Waals surface area contributed by atoms with E-state index in [4.69, 9.17) is 4.74 Å². The maximum absolute atomic E-state index is 12.8. The molecular weight excluding hydrogens is 325 g/mol. The molecule has 0 radical (unpaired) electrons. The fourth-order valence-electron chi connectivity index (χ4n) is 2.96. The van der Waals surface area contributed by atoms with Crippen LogP contribution in [-0.2, 0) is 15.7 Å². The number of rotatable bonds is 5. The quantitative estimate of drug-likeness (QED) is 0.631. The fourth-order valence-corrected chi connectivity index (χ4v) is 2.96. The van der Waals surface area contributed by atoms with Gasteiger partial charge in [-0.1, -0.05) is 0 Å². The molecule has 2 rings (SSSR count). The van der Waals surface area contributed by atoms with Crippen LogP contribution in [0.5, 0.6) is 0 Å². The molecule has 1 saturated carbocycles. The Hall–Kier alpha value is -2.12. The Morgan fingerprint density at radius 1 is 1.29 bits per heavy atom. The first kappa shape index (κ1) is 18.2. The van der Waals surface area contributed by atoms with Crippen molar-refractivity contribution in [2.45, 2.75) is 31.9 Å². The van der Waals surface area contributed by atoms with Crippen molar-refractivity contribution in [3.8, 4) is 0 Å². The van der Waals surface area contributed by atoms with Crippen LogP contribution in [-0.4, -0.2) is 19.6 Å². The molecule has 1 fully saturated rings. The summed E-state index contributed by atoms with van der Waals surface area (Å²) in [6, 6.07) is 2.80. The van der Waals surface area contributed by atoms with Gasteiger partial charge in [0.15, 0.2) is 0 Å². The summed E-state index contributed by atoms with van der Waals surface area (Å²) in [7, 11) is 1.36. The Morgan fingerprint density at radius 2 is 1.96 bits per heavy atom. The molecule has 0 spiro atoms. The molecule has 0 saturated heterocycles. The molecule has 0 aliphatic heterocycles. The number of methoxy groups -OCH3 is 1. The van der Waals surface area contributed by atoms with E-state index in [0.717, 1.165) is 31.0 Å². The average molecular weight is 344 g/mol. The second-order valence-corrected chi connectivity index (χ2v) is 5.94. The van der Waals surface area contributed by atoms with E-state index in [1.807, 2.05) is 0 Å². The Balaban J connectivity index is 1.97. The third-order valence-corrected chi connectivity index (χ3v) is 4.38. The van der Waals surface area contributed by atoms with E-state index in [1.54, 1.807) is 0 Å². The van der Waals surface area contributed by atoms with Crippen LogP contribution in [0.4, 0.5) is 24.5 Å². The number of benzene rings is 1. The molecule has 1 aromatic rings. The van der Waals surface area contributed by atoms with Crippen LogP contribution in [0.15, 0.2) is 23.4 Å². The van der Waals surface area contributed by atoms with Gasteiger partial charge in [-0.15, -0.1) is 4.91 Å². The molecular formula is C16H19F3N2O3. The standard InChI is InChI=1S/C16H19F3N2O3/c1-24-15(22)11-4-2-10(3-5-11)9-20-14-8-12(16(17,18)19)6-7-13(14)21-23/h6-8,10-11,20H,2-5,9H2,1H3/t10-,11-. The van der Waals surface area contributed by atoms with Crippen molar-refractivity contribution in [2.24, 2.45) is 17.0 Å². The van der Waals surface area contributed by atoms with Crippen molar-refractivity contribution in [1.29, 1.82) is 0 Å². The van der Waals surface area contributed by atoms with E-state index in [0.29, 0.717) is 19.4 Å². The fraction of sp³-hybridized carbons (Fsp3) is 0.562. The van der Waals surface area contributed by atoms with Gasteiger partial charge in [-0.25, -0.2) is 0 Å². The lowest BCUT2D eigenvalue weighted by atomic mass is 9.82. The third-order valence-electron chi connectivity index (χ3n) is 4.38. The van der Waals surface area contributed by atoms with Gasteiger partial charge in [-0.3, -0.25) is 4.79 Å². The Bertz CT molecular complexity index is 597. The molecule has 0 unspecified atom stereocenters. The van der Waals surface area contributed by atoms with Gasteiger partial charge in [0, 0.05) is 6.54 Å². The summed E-state index contributed by atoms with van der Waals surface area (Å²) in [6.07, 6.45) is -1.54. The van der Waals surface area contributed by atoms with E-state index in [-0.39, 0.29) is 29.2 Å². The highest BCUT2D eigenvalue weighted by Crippen LogP contribution is 2.36. The number of carbonyl (C=O) groups is 1. The summed E-state index contributed by atoms with van der Waals surface area (Å²) in [6.45, 7) is 0.428. The normalized spacial score (nSPS) is 21.2. The van der Waals surface area contributed by atoms with Gasteiger partial charge in [0.1, 0.15) is 5.69 Å². The summed E-state index contributed by atoms with van der Waals surface area (Å²) in [5, 5.41) is 5.66. The van der Waals surface area contributed by atoms with Crippen molar-refractivity contribution in [3.63, 3.8) is 0 Å². The molecule has 8 heteroatoms. The van der Waals surface area contributed by atoms with Crippen LogP contribution in [0.2, 0.25) is 0 Å². The van der Waals surface area contributed by atoms with Crippen molar-refractivity contribution in [2.75, 3.05) is 19.0 Å². The Labute approximate surface area is 137 Å². The van der Waals surface area contributed by atoms with E-state index in [2.05, 4.69) is 10.5 Å². The monoisotopic (exact) mass is 344 g/mol. The van der Waals surface area contributed by atoms with Gasteiger partial charge < -0.3 is 10.1 Å². The lowest BCUT2D eigenvalue weighted by molar-refractivity contribution is -0.146. The minimum Gasteiger partial charge on any atom is -0.469 e. The number of halogens is 3. The maximum Gasteiger partial charge on any atom is 0.416 e. The first-order valence-electron chi connectivity index (χ1n) is 7.71. The van der Waals surface area contributed by atoms with Crippen LogP contribution >= 0.6 is 0 Å². The van der Waals surface area contributed by atoms with Gasteiger partial charge in [-0.05, 0) is 55.0 Å². The van der Waals surface area contributed by atoms with Crippen LogP contribution in [0.3, 0.4) is 0 Å². The molecule has 24 heavy (non-hydrogen) atoms. The highest BCUT2D eigenvalue weighted by atomic mass is 19.4. The van der Waals surface area contributed by atoms with E-state index in [9.17, 15) is 22.9 Å². The van der Waals surface area contributed by atoms with E-state index < -0.39 is 11.7 Å². The van der Waals surface area contributed by atoms with Crippen molar-refractivity contribution < 1.29 is 22.7 Å². The third kappa shape index (κ3) is 4.46. The first-order valence-corrected chi connectivity index (χ1v) is 7.71. The Morgan fingerprint density at radius 3 is 2.50 bits per heavy atom. The van der Waals surface area contributed by atoms with Gasteiger partial charge in [0.25, 0.3) is 0 Å². The molecule has 5 nitrogen and oxygen atoms in total. The van der Waals surface area contributed by atoms with Crippen LogP contribution < -0.4 is 5.32 Å². The lowest BCUT2D eigenvalue weighted by Gasteiger charge is -2.27. The number of anilines is 1. The first-order chi connectivity index (χ1) is 11.3. The predicted molar refractivity (Wildman–Crippen MR) is 82.9 cm³/mol. The summed E-state index contributed by atoms with van der Waals surface area (Å²) in [5.41, 5.74) is -0.798. The van der Waals surface area contributed by atoms with Gasteiger partial charge >= 0.3 is 12.1 Å². The smallest absolute Gasteiger partial charge is 0.416 e. The second-order valence-electron chi connectivity index (χ2n) is 5.94. The van der Waals surface area contributed by atoms with Gasteiger partial charge in [0.2, 0.25) is 0 Å². The zero-order valence-corrected chi connectivity index (χ0v) is 13.2. The van der Waals surface area contributed by atoms with Crippen molar-refractivity contribution >= 4 is 17.3 Å². The highest BCUT2D eigenvalue weighted by molar-refractivity contribution is 5.72. The summed E-state index contributed by atoms with van der Waals surface area (Å²) < 4.78 is 43.0. The van der Waals surface area contributed by atoms with Crippen molar-refractivity contribution in [3.05, 3.63) is 28.7 Å². The average Bonchev–Trinajstić information content (AvgIpc) is 2.58. The lowest BCUT2D eigenvalue weighted by Crippen LogP contribution is -2.26. The minimum absolute atomic E-state index is 0.0498. The number of esters is 1. The number of carbonyl (C=O) groups excluding carboxylic acids is 1. The number of nitroso groups, excluding NO2 is 1. The highest BCUT2D eigenvalue weighted by Gasteiger charge is 2.31. The SMILES string of the molecule is COC(=O)[C@H]1CC[C@H](CNc2cc(C(F)(F)F)ccc2N=O)CC1. The molecule has 0 heterocycles. The summed E-state index contributed by atoms with van der Waals surface area (Å²) in [4.78, 5) is 22.2. The number of hydrogen-bond acceptors (Lipinski definition) is 5. The molecule has 0 atom stereocenters. The molecule has 1 aliphatic rings. The molecule has 1 aromatic carbocycles. The number of ether oxygens (including phenoxy) is 1. The minimum atomic E-state index is -4.48. The van der Waals surface area contributed by atoms with Crippen LogP contribution in [0.25, 0.3) is 0 Å². The van der Waals surface area contributed by atoms with Gasteiger partial charge in [0.05, 0.1) is 24.3 Å². The van der Waals surface area contributed by atoms with E-state index >= 15 is 0 Å². The molecule has 132 valence electrons.